The lowest BCUT2D eigenvalue weighted by Crippen LogP contribution is -2.35. The van der Waals surface area contributed by atoms with Crippen molar-refractivity contribution in [2.75, 3.05) is 32.8 Å². The summed E-state index contributed by atoms with van der Waals surface area (Å²) in [4.78, 5) is 12.3. The molecule has 32 heavy (non-hydrogen) atoms. The van der Waals surface area contributed by atoms with Crippen molar-refractivity contribution in [2.45, 2.75) is 37.5 Å². The van der Waals surface area contributed by atoms with E-state index in [1.807, 2.05) is 18.2 Å². The number of nitrogens with one attached hydrogen (secondary N) is 1. The summed E-state index contributed by atoms with van der Waals surface area (Å²) in [6, 6.07) is 12.2. The van der Waals surface area contributed by atoms with E-state index in [9.17, 15) is 13.2 Å². The smallest absolute Gasteiger partial charge is 0.258 e. The first-order chi connectivity index (χ1) is 15.4. The molecule has 1 aliphatic rings. The molecule has 1 aliphatic heterocycles. The fraction of sp³-hybridized carbons (Fsp3) is 0.435. The number of ether oxygens (including phenoxy) is 2. The number of rotatable bonds is 10. The van der Waals surface area contributed by atoms with Crippen LogP contribution >= 0.6 is 15.9 Å². The van der Waals surface area contributed by atoms with E-state index in [0.29, 0.717) is 31.1 Å². The topological polar surface area (TPSA) is 84.9 Å². The summed E-state index contributed by atoms with van der Waals surface area (Å²) in [5, 5.41) is 2.74. The second-order valence-electron chi connectivity index (χ2n) is 7.54. The summed E-state index contributed by atoms with van der Waals surface area (Å²) >= 11 is 3.45. The first-order valence-corrected chi connectivity index (χ1v) is 13.0. The van der Waals surface area contributed by atoms with Gasteiger partial charge in [-0.3, -0.25) is 4.79 Å². The Morgan fingerprint density at radius 1 is 1.06 bits per heavy atom. The maximum Gasteiger partial charge on any atom is 0.258 e. The molecule has 0 saturated carbocycles. The van der Waals surface area contributed by atoms with Gasteiger partial charge in [-0.1, -0.05) is 19.4 Å². The molecule has 9 heteroatoms. The van der Waals surface area contributed by atoms with Crippen LogP contribution in [0.5, 0.6) is 11.5 Å². The minimum Gasteiger partial charge on any atom is -0.492 e. The minimum absolute atomic E-state index is 0.0902. The van der Waals surface area contributed by atoms with E-state index in [1.54, 1.807) is 28.6 Å². The van der Waals surface area contributed by atoms with Gasteiger partial charge in [-0.2, -0.15) is 4.31 Å². The van der Waals surface area contributed by atoms with Gasteiger partial charge in [-0.15, -0.1) is 0 Å². The third-order valence-electron chi connectivity index (χ3n) is 5.23. The van der Waals surface area contributed by atoms with Crippen LogP contribution in [0, 0.1) is 0 Å². The number of halogens is 1. The largest absolute Gasteiger partial charge is 0.492 e. The molecule has 3 rings (SSSR count). The number of carbonyl (C=O) groups is 1. The number of carbonyl (C=O) groups excluding carboxylic acids is 1. The Bertz CT molecular complexity index is 1010. The van der Waals surface area contributed by atoms with Gasteiger partial charge >= 0.3 is 0 Å². The van der Waals surface area contributed by atoms with Crippen LogP contribution in [0.1, 0.15) is 31.7 Å². The Morgan fingerprint density at radius 3 is 2.44 bits per heavy atom. The lowest BCUT2D eigenvalue weighted by Gasteiger charge is -2.25. The number of nitrogens with zero attached hydrogens (tertiary/aromatic N) is 1. The van der Waals surface area contributed by atoms with Crippen molar-refractivity contribution in [1.29, 1.82) is 0 Å². The quantitative estimate of drug-likeness (QED) is 0.478. The monoisotopic (exact) mass is 524 g/mol. The number of amides is 1. The first kappa shape index (κ1) is 24.5. The molecule has 0 bridgehead atoms. The molecule has 0 unspecified atom stereocenters. The van der Waals surface area contributed by atoms with E-state index in [4.69, 9.17) is 9.47 Å². The zero-order chi connectivity index (χ0) is 23.0. The van der Waals surface area contributed by atoms with Gasteiger partial charge in [0.1, 0.15) is 18.1 Å². The molecule has 0 spiro atoms. The number of sulfonamides is 1. The summed E-state index contributed by atoms with van der Waals surface area (Å²) in [6.45, 7) is 3.71. The molecular formula is C23H29BrN2O5S. The van der Waals surface area contributed by atoms with Crippen molar-refractivity contribution >= 4 is 31.9 Å². The second kappa shape index (κ2) is 11.7. The van der Waals surface area contributed by atoms with Gasteiger partial charge in [0.05, 0.1) is 15.9 Å². The van der Waals surface area contributed by atoms with E-state index in [-0.39, 0.29) is 24.0 Å². The number of hydrogen-bond donors (Lipinski definition) is 1. The predicted octanol–water partition coefficient (Wildman–Crippen LogP) is 3.76. The van der Waals surface area contributed by atoms with Crippen LogP contribution in [-0.4, -0.2) is 51.5 Å². The molecule has 174 valence electrons. The van der Waals surface area contributed by atoms with Crippen LogP contribution < -0.4 is 14.8 Å². The van der Waals surface area contributed by atoms with Crippen LogP contribution in [0.4, 0.5) is 0 Å². The molecule has 0 atom stereocenters. The van der Waals surface area contributed by atoms with Gasteiger partial charge in [0, 0.05) is 13.1 Å². The van der Waals surface area contributed by atoms with E-state index >= 15 is 0 Å². The lowest BCUT2D eigenvalue weighted by atomic mass is 10.2. The van der Waals surface area contributed by atoms with Gasteiger partial charge in [-0.05, 0) is 77.2 Å². The average molecular weight is 525 g/mol. The van der Waals surface area contributed by atoms with Gasteiger partial charge in [0.25, 0.3) is 5.91 Å². The zero-order valence-electron chi connectivity index (χ0n) is 18.2. The molecule has 0 radical (unpaired) electrons. The summed E-state index contributed by atoms with van der Waals surface area (Å²) in [5.74, 6) is 0.921. The number of hydrogen-bond acceptors (Lipinski definition) is 5. The molecule has 1 saturated heterocycles. The molecule has 2 aromatic carbocycles. The van der Waals surface area contributed by atoms with Crippen LogP contribution in [0.3, 0.4) is 0 Å². The molecular weight excluding hydrogens is 496 g/mol. The van der Waals surface area contributed by atoms with Crippen molar-refractivity contribution in [1.82, 2.24) is 9.62 Å². The third kappa shape index (κ3) is 6.70. The normalized spacial score (nSPS) is 14.7. The molecule has 1 fully saturated rings. The SMILES string of the molecule is CCc1ccc(OCC(=O)NCCOc2ccc(S(=O)(=O)N3CCCCC3)cc2)c(Br)c1. The van der Waals surface area contributed by atoms with Crippen molar-refractivity contribution in [3.05, 3.63) is 52.5 Å². The number of aryl methyl sites for hydroxylation is 1. The van der Waals surface area contributed by atoms with Gasteiger partial charge in [0.2, 0.25) is 10.0 Å². The van der Waals surface area contributed by atoms with Crippen molar-refractivity contribution < 1.29 is 22.7 Å². The molecule has 1 amide bonds. The Hall–Kier alpha value is -2.10. The Balaban J connectivity index is 1.39. The van der Waals surface area contributed by atoms with Crippen molar-refractivity contribution in [2.24, 2.45) is 0 Å². The molecule has 7 nitrogen and oxygen atoms in total. The van der Waals surface area contributed by atoms with E-state index < -0.39 is 10.0 Å². The minimum atomic E-state index is -3.45. The van der Waals surface area contributed by atoms with Crippen LogP contribution in [-0.2, 0) is 21.2 Å². The molecule has 0 aliphatic carbocycles. The maximum absolute atomic E-state index is 12.7. The van der Waals surface area contributed by atoms with Gasteiger partial charge in [-0.25, -0.2) is 8.42 Å². The fourth-order valence-electron chi connectivity index (χ4n) is 3.40. The van der Waals surface area contributed by atoms with Crippen molar-refractivity contribution in [3.8, 4) is 11.5 Å². The summed E-state index contributed by atoms with van der Waals surface area (Å²) in [7, 11) is -3.45. The second-order valence-corrected chi connectivity index (χ2v) is 10.3. The standard InChI is InChI=1S/C23H29BrN2O5S/c1-2-18-6-11-22(21(24)16-18)31-17-23(27)25-12-15-30-19-7-9-20(10-8-19)32(28,29)26-13-4-3-5-14-26/h6-11,16H,2-5,12-15,17H2,1H3,(H,25,27). The third-order valence-corrected chi connectivity index (χ3v) is 7.77. The fourth-order valence-corrected chi connectivity index (χ4v) is 5.45. The first-order valence-electron chi connectivity index (χ1n) is 10.8. The van der Waals surface area contributed by atoms with Gasteiger partial charge in [0.15, 0.2) is 6.61 Å². The highest BCUT2D eigenvalue weighted by molar-refractivity contribution is 9.10. The molecule has 2 aromatic rings. The molecule has 1 heterocycles. The van der Waals surface area contributed by atoms with E-state index in [1.165, 1.54) is 5.56 Å². The number of benzene rings is 2. The Kier molecular flexibility index (Phi) is 8.95. The highest BCUT2D eigenvalue weighted by Crippen LogP contribution is 2.26. The Morgan fingerprint density at radius 2 is 1.78 bits per heavy atom. The highest BCUT2D eigenvalue weighted by atomic mass is 79.9. The summed E-state index contributed by atoms with van der Waals surface area (Å²) < 4.78 is 38.9. The zero-order valence-corrected chi connectivity index (χ0v) is 20.6. The predicted molar refractivity (Wildman–Crippen MR) is 127 cm³/mol. The molecule has 1 N–H and O–H groups in total. The Labute approximate surface area is 198 Å². The van der Waals surface area contributed by atoms with Gasteiger partial charge < -0.3 is 14.8 Å². The lowest BCUT2D eigenvalue weighted by molar-refractivity contribution is -0.123. The summed E-state index contributed by atoms with van der Waals surface area (Å²) in [5.41, 5.74) is 1.18. The van der Waals surface area contributed by atoms with Crippen LogP contribution in [0.25, 0.3) is 0 Å². The maximum atomic E-state index is 12.7. The summed E-state index contributed by atoms with van der Waals surface area (Å²) in [6.07, 6.45) is 3.81. The average Bonchev–Trinajstić information content (AvgIpc) is 2.82. The highest BCUT2D eigenvalue weighted by Gasteiger charge is 2.25. The number of piperidine rings is 1. The van der Waals surface area contributed by atoms with Crippen molar-refractivity contribution in [3.63, 3.8) is 0 Å². The van der Waals surface area contributed by atoms with Crippen LogP contribution in [0.2, 0.25) is 0 Å². The van der Waals surface area contributed by atoms with Crippen LogP contribution in [0.15, 0.2) is 51.8 Å². The molecule has 0 aromatic heterocycles. The van der Waals surface area contributed by atoms with E-state index in [0.717, 1.165) is 30.2 Å². The van der Waals surface area contributed by atoms with E-state index in [2.05, 4.69) is 28.2 Å².